The van der Waals surface area contributed by atoms with E-state index >= 15 is 0 Å². The molecule has 1 fully saturated rings. The molecule has 0 saturated heterocycles. The van der Waals surface area contributed by atoms with Gasteiger partial charge in [0.1, 0.15) is 0 Å². The van der Waals surface area contributed by atoms with Gasteiger partial charge in [0.05, 0.1) is 4.90 Å². The van der Waals surface area contributed by atoms with Gasteiger partial charge in [0.15, 0.2) is 0 Å². The lowest BCUT2D eigenvalue weighted by Crippen LogP contribution is -2.24. The van der Waals surface area contributed by atoms with E-state index in [1.54, 1.807) is 12.1 Å². The molecule has 0 unspecified atom stereocenters. The Bertz CT molecular complexity index is 492. The maximum atomic E-state index is 11.1. The van der Waals surface area contributed by atoms with E-state index in [1.165, 1.54) is 12.1 Å². The van der Waals surface area contributed by atoms with Gasteiger partial charge in [0.25, 0.3) is 0 Å². The molecule has 17 heavy (non-hydrogen) atoms. The van der Waals surface area contributed by atoms with Crippen molar-refractivity contribution in [1.82, 2.24) is 0 Å². The smallest absolute Gasteiger partial charge is 0.238 e. The molecule has 0 amide bonds. The molecule has 0 heterocycles. The summed E-state index contributed by atoms with van der Waals surface area (Å²) in [6, 6.07) is 6.43. The van der Waals surface area contributed by atoms with Gasteiger partial charge in [-0.2, -0.15) is 0 Å². The highest BCUT2D eigenvalue weighted by atomic mass is 32.2. The van der Waals surface area contributed by atoms with E-state index in [9.17, 15) is 8.42 Å². The van der Waals surface area contributed by atoms with Crippen molar-refractivity contribution in [3.8, 4) is 0 Å². The summed E-state index contributed by atoms with van der Waals surface area (Å²) in [4.78, 5) is 0.128. The number of nitrogens with one attached hydrogen (secondary N) is 1. The van der Waals surface area contributed by atoms with E-state index in [1.807, 2.05) is 0 Å². The summed E-state index contributed by atoms with van der Waals surface area (Å²) in [5.74, 6) is 0. The summed E-state index contributed by atoms with van der Waals surface area (Å²) < 4.78 is 22.1. The van der Waals surface area contributed by atoms with Crippen molar-refractivity contribution in [2.45, 2.75) is 17.7 Å². The Morgan fingerprint density at radius 3 is 2.24 bits per heavy atom. The molecule has 0 radical (unpaired) electrons. The van der Waals surface area contributed by atoms with Gasteiger partial charge in [-0.25, -0.2) is 13.6 Å². The minimum absolute atomic E-state index is 0.128. The summed E-state index contributed by atoms with van der Waals surface area (Å²) in [6.07, 6.45) is 2.32. The lowest BCUT2D eigenvalue weighted by Gasteiger charge is -2.14. The van der Waals surface area contributed by atoms with Crippen molar-refractivity contribution in [1.29, 1.82) is 0 Å². The van der Waals surface area contributed by atoms with Crippen molar-refractivity contribution in [2.24, 2.45) is 16.3 Å². The predicted octanol–water partition coefficient (Wildman–Crippen LogP) is 0.485. The highest BCUT2D eigenvalue weighted by Gasteiger charge is 2.40. The molecule has 0 aliphatic heterocycles. The molecule has 1 saturated carbocycles. The zero-order valence-corrected chi connectivity index (χ0v) is 10.3. The van der Waals surface area contributed by atoms with Crippen LogP contribution in [-0.2, 0) is 10.0 Å². The predicted molar refractivity (Wildman–Crippen MR) is 67.0 cm³/mol. The van der Waals surface area contributed by atoms with Crippen LogP contribution in [0.3, 0.4) is 0 Å². The molecular weight excluding hydrogens is 238 g/mol. The zero-order valence-electron chi connectivity index (χ0n) is 9.52. The fraction of sp³-hybridized carbons (Fsp3) is 0.455. The largest absolute Gasteiger partial charge is 0.384 e. The average molecular weight is 255 g/mol. The van der Waals surface area contributed by atoms with Gasteiger partial charge in [-0.1, -0.05) is 0 Å². The van der Waals surface area contributed by atoms with Gasteiger partial charge in [0, 0.05) is 12.2 Å². The standard InChI is InChI=1S/C11H17N3O2S/c12-7-11(5-6-11)8-14-9-1-3-10(4-2-9)17(13,15)16/h1-4,14H,5-8,12H2,(H2,13,15,16). The molecule has 1 aromatic rings. The number of primary sulfonamides is 1. The number of hydrogen-bond acceptors (Lipinski definition) is 4. The van der Waals surface area contributed by atoms with Crippen LogP contribution in [-0.4, -0.2) is 21.5 Å². The first kappa shape index (κ1) is 12.3. The highest BCUT2D eigenvalue weighted by molar-refractivity contribution is 7.89. The van der Waals surface area contributed by atoms with Gasteiger partial charge in [-0.05, 0) is 49.1 Å². The molecule has 0 atom stereocenters. The second-order valence-electron chi connectivity index (χ2n) is 4.63. The molecule has 0 spiro atoms. The topological polar surface area (TPSA) is 98.2 Å². The van der Waals surface area contributed by atoms with Gasteiger partial charge in [0.2, 0.25) is 10.0 Å². The minimum atomic E-state index is -3.60. The molecule has 5 N–H and O–H groups in total. The Hall–Kier alpha value is -1.11. The van der Waals surface area contributed by atoms with Crippen LogP contribution in [0.25, 0.3) is 0 Å². The maximum absolute atomic E-state index is 11.1. The summed E-state index contributed by atoms with van der Waals surface area (Å²) in [5.41, 5.74) is 6.81. The second-order valence-corrected chi connectivity index (χ2v) is 6.19. The molecule has 94 valence electrons. The summed E-state index contributed by atoms with van der Waals surface area (Å²) in [7, 11) is -3.60. The molecule has 1 aromatic carbocycles. The van der Waals surface area contributed by atoms with Crippen molar-refractivity contribution < 1.29 is 8.42 Å². The normalized spacial score (nSPS) is 17.8. The first-order chi connectivity index (χ1) is 7.95. The summed E-state index contributed by atoms with van der Waals surface area (Å²) in [5, 5.41) is 8.28. The van der Waals surface area contributed by atoms with E-state index in [4.69, 9.17) is 10.9 Å². The van der Waals surface area contributed by atoms with Crippen LogP contribution in [0, 0.1) is 5.41 Å². The Morgan fingerprint density at radius 1 is 1.24 bits per heavy atom. The number of anilines is 1. The van der Waals surface area contributed by atoms with Crippen LogP contribution >= 0.6 is 0 Å². The second kappa shape index (κ2) is 4.29. The van der Waals surface area contributed by atoms with E-state index in [0.717, 1.165) is 25.1 Å². The number of hydrogen-bond donors (Lipinski definition) is 3. The Kier molecular flexibility index (Phi) is 3.11. The van der Waals surface area contributed by atoms with Gasteiger partial charge in [-0.3, -0.25) is 0 Å². The fourth-order valence-electron chi connectivity index (χ4n) is 1.68. The third-order valence-corrected chi connectivity index (χ3v) is 4.17. The SMILES string of the molecule is NCC1(CNc2ccc(S(N)(=O)=O)cc2)CC1. The number of rotatable bonds is 5. The fourth-order valence-corrected chi connectivity index (χ4v) is 2.20. The number of sulfonamides is 1. The molecule has 1 aliphatic rings. The first-order valence-corrected chi connectivity index (χ1v) is 7.07. The van der Waals surface area contributed by atoms with Gasteiger partial charge < -0.3 is 11.1 Å². The lowest BCUT2D eigenvalue weighted by molar-refractivity contribution is 0.556. The van der Waals surface area contributed by atoms with Crippen molar-refractivity contribution in [3.63, 3.8) is 0 Å². The molecule has 2 rings (SSSR count). The Labute approximate surface area is 101 Å². The molecule has 0 aromatic heterocycles. The Morgan fingerprint density at radius 2 is 1.82 bits per heavy atom. The number of nitrogens with two attached hydrogens (primary N) is 2. The third kappa shape index (κ3) is 2.96. The van der Waals surface area contributed by atoms with Crippen LogP contribution in [0.15, 0.2) is 29.2 Å². The van der Waals surface area contributed by atoms with Crippen LogP contribution in [0.1, 0.15) is 12.8 Å². The minimum Gasteiger partial charge on any atom is -0.384 e. The quantitative estimate of drug-likeness (QED) is 0.713. The molecular formula is C11H17N3O2S. The maximum Gasteiger partial charge on any atom is 0.238 e. The van der Waals surface area contributed by atoms with Crippen LogP contribution < -0.4 is 16.2 Å². The number of benzene rings is 1. The lowest BCUT2D eigenvalue weighted by atomic mass is 10.1. The average Bonchev–Trinajstić information content (AvgIpc) is 3.06. The van der Waals surface area contributed by atoms with Crippen LogP contribution in [0.4, 0.5) is 5.69 Å². The van der Waals surface area contributed by atoms with Gasteiger partial charge in [-0.15, -0.1) is 0 Å². The van der Waals surface area contributed by atoms with E-state index in [2.05, 4.69) is 5.32 Å². The van der Waals surface area contributed by atoms with Crippen molar-refractivity contribution >= 4 is 15.7 Å². The van der Waals surface area contributed by atoms with Crippen molar-refractivity contribution in [2.75, 3.05) is 18.4 Å². The zero-order chi connectivity index (χ0) is 12.5. The van der Waals surface area contributed by atoms with Crippen LogP contribution in [0.5, 0.6) is 0 Å². The molecule has 0 bridgehead atoms. The molecule has 5 nitrogen and oxygen atoms in total. The summed E-state index contributed by atoms with van der Waals surface area (Å²) >= 11 is 0. The van der Waals surface area contributed by atoms with E-state index in [0.29, 0.717) is 6.54 Å². The summed E-state index contributed by atoms with van der Waals surface area (Å²) in [6.45, 7) is 1.52. The third-order valence-electron chi connectivity index (χ3n) is 3.24. The Balaban J connectivity index is 1.99. The molecule has 6 heteroatoms. The van der Waals surface area contributed by atoms with E-state index < -0.39 is 10.0 Å². The first-order valence-electron chi connectivity index (χ1n) is 5.52. The van der Waals surface area contributed by atoms with Crippen LogP contribution in [0.2, 0.25) is 0 Å². The van der Waals surface area contributed by atoms with E-state index in [-0.39, 0.29) is 10.3 Å². The highest BCUT2D eigenvalue weighted by Crippen LogP contribution is 2.44. The van der Waals surface area contributed by atoms with Gasteiger partial charge >= 0.3 is 0 Å². The van der Waals surface area contributed by atoms with Crippen molar-refractivity contribution in [3.05, 3.63) is 24.3 Å². The monoisotopic (exact) mass is 255 g/mol. The molecule has 1 aliphatic carbocycles.